The molecule has 2 rings (SSSR count). The first-order chi connectivity index (χ1) is 10.6. The van der Waals surface area contributed by atoms with Gasteiger partial charge >= 0.3 is 6.09 Å². The molecule has 2 amide bonds. The first-order valence-electron chi connectivity index (χ1n) is 7.51. The van der Waals surface area contributed by atoms with Gasteiger partial charge in [-0.15, -0.1) is 0 Å². The molecule has 0 saturated carbocycles. The second-order valence-corrected chi connectivity index (χ2v) is 6.87. The molecule has 0 saturated heterocycles. The largest absolute Gasteiger partial charge is 0.444 e. The van der Waals surface area contributed by atoms with Gasteiger partial charge in [0.25, 0.3) is 5.91 Å². The molecule has 7 heteroatoms. The number of rotatable bonds is 3. The van der Waals surface area contributed by atoms with Crippen LogP contribution in [0.4, 0.5) is 10.6 Å². The number of nitrogens with zero attached hydrogens (tertiary/aromatic N) is 3. The molecule has 1 N–H and O–H groups in total. The van der Waals surface area contributed by atoms with Crippen molar-refractivity contribution in [2.75, 3.05) is 26.0 Å². The first kappa shape index (κ1) is 17.1. The zero-order valence-corrected chi connectivity index (χ0v) is 14.6. The van der Waals surface area contributed by atoms with E-state index in [-0.39, 0.29) is 12.5 Å². The zero-order chi connectivity index (χ0) is 17.4. The summed E-state index contributed by atoms with van der Waals surface area (Å²) in [4.78, 5) is 32.0. The molecule has 0 radical (unpaired) electrons. The monoisotopic (exact) mass is 320 g/mol. The SMILES string of the molecule is CN(Cc1nc(N(C)C)cc2c1CNC2=O)C(=O)OC(C)(C)C. The van der Waals surface area contributed by atoms with E-state index in [9.17, 15) is 9.59 Å². The Morgan fingerprint density at radius 3 is 2.57 bits per heavy atom. The molecule has 0 spiro atoms. The highest BCUT2D eigenvalue weighted by Gasteiger charge is 2.27. The number of hydrogen-bond acceptors (Lipinski definition) is 5. The summed E-state index contributed by atoms with van der Waals surface area (Å²) in [6.07, 6.45) is -0.416. The number of pyridine rings is 1. The molecular weight excluding hydrogens is 296 g/mol. The predicted molar refractivity (Wildman–Crippen MR) is 87.4 cm³/mol. The molecule has 126 valence electrons. The number of amides is 2. The van der Waals surface area contributed by atoms with Gasteiger partial charge in [-0.2, -0.15) is 0 Å². The summed E-state index contributed by atoms with van der Waals surface area (Å²) < 4.78 is 5.36. The van der Waals surface area contributed by atoms with Gasteiger partial charge in [0.1, 0.15) is 11.4 Å². The molecule has 0 aliphatic carbocycles. The van der Waals surface area contributed by atoms with E-state index in [1.807, 2.05) is 39.8 Å². The topological polar surface area (TPSA) is 74.8 Å². The van der Waals surface area contributed by atoms with Crippen molar-refractivity contribution in [2.45, 2.75) is 39.5 Å². The number of ether oxygens (including phenoxy) is 1. The highest BCUT2D eigenvalue weighted by molar-refractivity contribution is 5.99. The fourth-order valence-electron chi connectivity index (χ4n) is 2.26. The van der Waals surface area contributed by atoms with Crippen molar-refractivity contribution in [1.29, 1.82) is 0 Å². The van der Waals surface area contributed by atoms with Gasteiger partial charge in [-0.25, -0.2) is 9.78 Å². The van der Waals surface area contributed by atoms with E-state index in [0.29, 0.717) is 23.6 Å². The van der Waals surface area contributed by atoms with E-state index >= 15 is 0 Å². The van der Waals surface area contributed by atoms with Crippen LogP contribution in [0.25, 0.3) is 0 Å². The van der Waals surface area contributed by atoms with E-state index in [2.05, 4.69) is 10.3 Å². The molecule has 0 fully saturated rings. The number of nitrogens with one attached hydrogen (secondary N) is 1. The first-order valence-corrected chi connectivity index (χ1v) is 7.51. The lowest BCUT2D eigenvalue weighted by molar-refractivity contribution is 0.0282. The van der Waals surface area contributed by atoms with Crippen molar-refractivity contribution in [2.24, 2.45) is 0 Å². The van der Waals surface area contributed by atoms with Crippen LogP contribution < -0.4 is 10.2 Å². The van der Waals surface area contributed by atoms with E-state index in [1.165, 1.54) is 4.90 Å². The van der Waals surface area contributed by atoms with Crippen molar-refractivity contribution < 1.29 is 14.3 Å². The minimum Gasteiger partial charge on any atom is -0.444 e. The van der Waals surface area contributed by atoms with Crippen molar-refractivity contribution in [3.63, 3.8) is 0 Å². The van der Waals surface area contributed by atoms with Crippen molar-refractivity contribution >= 4 is 17.8 Å². The van der Waals surface area contributed by atoms with Gasteiger partial charge < -0.3 is 19.9 Å². The standard InChI is InChI=1S/C16H24N4O3/c1-16(2,3)23-15(22)20(6)9-12-11-8-17-14(21)10(11)7-13(18-12)19(4)5/h7H,8-9H2,1-6H3,(H,17,21). The van der Waals surface area contributed by atoms with E-state index in [0.717, 1.165) is 5.56 Å². The second-order valence-electron chi connectivity index (χ2n) is 6.87. The number of carbonyl (C=O) groups is 2. The van der Waals surface area contributed by atoms with Crippen LogP contribution in [0.2, 0.25) is 0 Å². The molecule has 1 aliphatic rings. The second kappa shape index (κ2) is 6.06. The average Bonchev–Trinajstić information content (AvgIpc) is 2.78. The molecule has 0 unspecified atom stereocenters. The Hall–Kier alpha value is -2.31. The van der Waals surface area contributed by atoms with Crippen LogP contribution in [0.3, 0.4) is 0 Å². The molecule has 1 aromatic heterocycles. The summed E-state index contributed by atoms with van der Waals surface area (Å²) in [6.45, 7) is 6.19. The van der Waals surface area contributed by atoms with Gasteiger partial charge in [-0.3, -0.25) is 4.79 Å². The van der Waals surface area contributed by atoms with Crippen LogP contribution in [0.1, 0.15) is 42.4 Å². The van der Waals surface area contributed by atoms with E-state index in [1.54, 1.807) is 13.1 Å². The summed E-state index contributed by atoms with van der Waals surface area (Å²) in [5.74, 6) is 0.583. The zero-order valence-electron chi connectivity index (χ0n) is 14.6. The fourth-order valence-corrected chi connectivity index (χ4v) is 2.26. The highest BCUT2D eigenvalue weighted by Crippen LogP contribution is 2.24. The Kier molecular flexibility index (Phi) is 4.49. The Balaban J connectivity index is 2.27. The molecule has 0 aromatic carbocycles. The molecule has 0 atom stereocenters. The number of anilines is 1. The van der Waals surface area contributed by atoms with Gasteiger partial charge in [-0.05, 0) is 26.8 Å². The van der Waals surface area contributed by atoms with Gasteiger partial charge in [0.2, 0.25) is 0 Å². The van der Waals surface area contributed by atoms with Crippen LogP contribution >= 0.6 is 0 Å². The Bertz CT molecular complexity index is 635. The van der Waals surface area contributed by atoms with Crippen molar-refractivity contribution in [1.82, 2.24) is 15.2 Å². The number of carbonyl (C=O) groups excluding carboxylic acids is 2. The molecule has 1 aliphatic heterocycles. The van der Waals surface area contributed by atoms with Gasteiger partial charge in [0, 0.05) is 38.8 Å². The minimum atomic E-state index is -0.552. The third kappa shape index (κ3) is 3.91. The normalized spacial score (nSPS) is 13.4. The molecule has 23 heavy (non-hydrogen) atoms. The molecular formula is C16H24N4O3. The Morgan fingerprint density at radius 2 is 2.00 bits per heavy atom. The van der Waals surface area contributed by atoms with Gasteiger partial charge in [0.15, 0.2) is 0 Å². The quantitative estimate of drug-likeness (QED) is 0.918. The summed E-state index contributed by atoms with van der Waals surface area (Å²) in [5.41, 5.74) is 1.62. The van der Waals surface area contributed by atoms with Gasteiger partial charge in [-0.1, -0.05) is 0 Å². The lowest BCUT2D eigenvalue weighted by Crippen LogP contribution is -2.34. The smallest absolute Gasteiger partial charge is 0.410 e. The molecule has 2 heterocycles. The fraction of sp³-hybridized carbons (Fsp3) is 0.562. The number of hydrogen-bond donors (Lipinski definition) is 1. The van der Waals surface area contributed by atoms with E-state index in [4.69, 9.17) is 4.74 Å². The summed E-state index contributed by atoms with van der Waals surface area (Å²) in [6, 6.07) is 1.77. The van der Waals surface area contributed by atoms with E-state index < -0.39 is 11.7 Å². The summed E-state index contributed by atoms with van der Waals surface area (Å²) in [5, 5.41) is 2.80. The molecule has 7 nitrogen and oxygen atoms in total. The van der Waals surface area contributed by atoms with Crippen molar-refractivity contribution in [3.8, 4) is 0 Å². The highest BCUT2D eigenvalue weighted by atomic mass is 16.6. The maximum atomic E-state index is 12.1. The van der Waals surface area contributed by atoms with Crippen LogP contribution in [0.15, 0.2) is 6.07 Å². The van der Waals surface area contributed by atoms with Crippen LogP contribution in [-0.4, -0.2) is 48.6 Å². The maximum absolute atomic E-state index is 12.1. The number of aromatic nitrogens is 1. The number of fused-ring (bicyclic) bond motifs is 1. The summed E-state index contributed by atoms with van der Waals surface area (Å²) in [7, 11) is 5.39. The minimum absolute atomic E-state index is 0.105. The lowest BCUT2D eigenvalue weighted by atomic mass is 10.1. The maximum Gasteiger partial charge on any atom is 0.410 e. The average molecular weight is 320 g/mol. The lowest BCUT2D eigenvalue weighted by Gasteiger charge is -2.25. The molecule has 0 bridgehead atoms. The Labute approximate surface area is 136 Å². The summed E-state index contributed by atoms with van der Waals surface area (Å²) >= 11 is 0. The third-order valence-corrected chi connectivity index (χ3v) is 3.42. The van der Waals surface area contributed by atoms with Crippen LogP contribution in [0.5, 0.6) is 0 Å². The molecule has 1 aromatic rings. The van der Waals surface area contributed by atoms with Crippen LogP contribution in [0, 0.1) is 0 Å². The third-order valence-electron chi connectivity index (χ3n) is 3.42. The predicted octanol–water partition coefficient (Wildman–Crippen LogP) is 1.76. The van der Waals surface area contributed by atoms with Gasteiger partial charge in [0.05, 0.1) is 12.2 Å². The van der Waals surface area contributed by atoms with Crippen LogP contribution in [-0.2, 0) is 17.8 Å². The van der Waals surface area contributed by atoms with Crippen molar-refractivity contribution in [3.05, 3.63) is 22.9 Å². The Morgan fingerprint density at radius 1 is 1.35 bits per heavy atom.